The smallest absolute Gasteiger partial charge is 0.00643 e. The quantitative estimate of drug-likeness (QED) is 0.584. The molecular formula is C11H26N2. The summed E-state index contributed by atoms with van der Waals surface area (Å²) in [4.78, 5) is 2.45. The molecule has 0 aliphatic carbocycles. The molecule has 80 valence electrons. The Morgan fingerprint density at radius 3 is 2.54 bits per heavy atom. The lowest BCUT2D eigenvalue weighted by atomic mass is 10.1. The van der Waals surface area contributed by atoms with E-state index < -0.39 is 0 Å². The monoisotopic (exact) mass is 186 g/mol. The van der Waals surface area contributed by atoms with E-state index >= 15 is 0 Å². The molecule has 0 aliphatic rings. The van der Waals surface area contributed by atoms with E-state index in [1.807, 2.05) is 0 Å². The molecule has 0 fully saturated rings. The zero-order chi connectivity index (χ0) is 10.1. The second-order valence-corrected chi connectivity index (χ2v) is 3.83. The molecule has 0 amide bonds. The van der Waals surface area contributed by atoms with Gasteiger partial charge in [0.2, 0.25) is 0 Å². The summed E-state index contributed by atoms with van der Waals surface area (Å²) in [5, 5.41) is 3.36. The van der Waals surface area contributed by atoms with Crippen LogP contribution in [0.3, 0.4) is 0 Å². The fourth-order valence-electron chi connectivity index (χ4n) is 1.49. The van der Waals surface area contributed by atoms with Crippen LogP contribution in [0.5, 0.6) is 0 Å². The van der Waals surface area contributed by atoms with Gasteiger partial charge in [0.1, 0.15) is 0 Å². The highest BCUT2D eigenvalue weighted by atomic mass is 15.1. The summed E-state index contributed by atoms with van der Waals surface area (Å²) in [5.41, 5.74) is 0. The first-order valence-electron chi connectivity index (χ1n) is 5.63. The number of nitrogens with one attached hydrogen (secondary N) is 1. The van der Waals surface area contributed by atoms with Crippen molar-refractivity contribution >= 4 is 0 Å². The Balaban J connectivity index is 3.32. The van der Waals surface area contributed by atoms with Crippen LogP contribution >= 0.6 is 0 Å². The van der Waals surface area contributed by atoms with Gasteiger partial charge in [-0.15, -0.1) is 0 Å². The first kappa shape index (κ1) is 12.9. The highest BCUT2D eigenvalue weighted by Gasteiger charge is 2.06. The van der Waals surface area contributed by atoms with Gasteiger partial charge in [-0.2, -0.15) is 0 Å². The van der Waals surface area contributed by atoms with Crippen molar-refractivity contribution < 1.29 is 0 Å². The molecule has 13 heavy (non-hydrogen) atoms. The summed E-state index contributed by atoms with van der Waals surface area (Å²) >= 11 is 0. The summed E-state index contributed by atoms with van der Waals surface area (Å²) < 4.78 is 0. The van der Waals surface area contributed by atoms with Crippen LogP contribution in [0.1, 0.15) is 40.0 Å². The van der Waals surface area contributed by atoms with Crippen molar-refractivity contribution in [1.82, 2.24) is 10.2 Å². The number of hydrogen-bond donors (Lipinski definition) is 1. The maximum Gasteiger partial charge on any atom is 0.00643 e. The van der Waals surface area contributed by atoms with Crippen LogP contribution in [-0.4, -0.2) is 37.6 Å². The number of rotatable bonds is 8. The molecule has 1 atom stereocenters. The van der Waals surface area contributed by atoms with Crippen LogP contribution in [0.15, 0.2) is 0 Å². The van der Waals surface area contributed by atoms with Gasteiger partial charge in [-0.05, 0) is 52.9 Å². The summed E-state index contributed by atoms with van der Waals surface area (Å²) in [6.45, 7) is 10.2. The Bertz CT molecular complexity index is 104. The lowest BCUT2D eigenvalue weighted by Crippen LogP contribution is -2.30. The maximum atomic E-state index is 3.36. The fourth-order valence-corrected chi connectivity index (χ4v) is 1.49. The molecule has 0 aromatic heterocycles. The third-order valence-electron chi connectivity index (χ3n) is 2.55. The molecule has 2 nitrogen and oxygen atoms in total. The van der Waals surface area contributed by atoms with Gasteiger partial charge in [0.15, 0.2) is 0 Å². The molecule has 0 saturated carbocycles. The molecule has 0 rings (SSSR count). The highest BCUT2D eigenvalue weighted by Crippen LogP contribution is 2.03. The SMILES string of the molecule is CCCN(C)C(C)CCCNCC. The molecule has 0 heterocycles. The average Bonchev–Trinajstić information content (AvgIpc) is 2.12. The normalized spacial score (nSPS) is 13.6. The van der Waals surface area contributed by atoms with Crippen LogP contribution in [0.2, 0.25) is 0 Å². The number of hydrogen-bond acceptors (Lipinski definition) is 2. The second-order valence-electron chi connectivity index (χ2n) is 3.83. The standard InChI is InChI=1S/C11H26N2/c1-5-10-13(4)11(3)8-7-9-12-6-2/h11-12H,5-10H2,1-4H3. The van der Waals surface area contributed by atoms with E-state index in [4.69, 9.17) is 0 Å². The van der Waals surface area contributed by atoms with E-state index in [9.17, 15) is 0 Å². The van der Waals surface area contributed by atoms with Gasteiger partial charge in [-0.3, -0.25) is 0 Å². The summed E-state index contributed by atoms with van der Waals surface area (Å²) in [6, 6.07) is 0.735. The minimum absolute atomic E-state index is 0.735. The van der Waals surface area contributed by atoms with Crippen molar-refractivity contribution in [2.45, 2.75) is 46.1 Å². The van der Waals surface area contributed by atoms with Gasteiger partial charge in [-0.1, -0.05) is 13.8 Å². The third-order valence-corrected chi connectivity index (χ3v) is 2.55. The van der Waals surface area contributed by atoms with Crippen molar-refractivity contribution in [2.75, 3.05) is 26.7 Å². The van der Waals surface area contributed by atoms with Crippen molar-refractivity contribution in [2.24, 2.45) is 0 Å². The summed E-state index contributed by atoms with van der Waals surface area (Å²) in [6.07, 6.45) is 3.86. The number of nitrogens with zero attached hydrogens (tertiary/aromatic N) is 1. The Morgan fingerprint density at radius 1 is 1.31 bits per heavy atom. The average molecular weight is 186 g/mol. The van der Waals surface area contributed by atoms with E-state index in [-0.39, 0.29) is 0 Å². The lowest BCUT2D eigenvalue weighted by molar-refractivity contribution is 0.243. The highest BCUT2D eigenvalue weighted by molar-refractivity contribution is 4.63. The minimum Gasteiger partial charge on any atom is -0.317 e. The minimum atomic E-state index is 0.735. The lowest BCUT2D eigenvalue weighted by Gasteiger charge is -2.23. The molecule has 1 N–H and O–H groups in total. The molecular weight excluding hydrogens is 160 g/mol. The summed E-state index contributed by atoms with van der Waals surface area (Å²) in [7, 11) is 2.22. The maximum absolute atomic E-state index is 3.36. The molecule has 1 unspecified atom stereocenters. The van der Waals surface area contributed by atoms with Gasteiger partial charge >= 0.3 is 0 Å². The van der Waals surface area contributed by atoms with Crippen LogP contribution in [0, 0.1) is 0 Å². The zero-order valence-electron chi connectivity index (χ0n) is 9.77. The van der Waals surface area contributed by atoms with E-state index in [0.717, 1.165) is 12.6 Å². The fraction of sp³-hybridized carbons (Fsp3) is 1.00. The molecule has 0 aliphatic heterocycles. The predicted octanol–water partition coefficient (Wildman–Crippen LogP) is 2.11. The Kier molecular flexibility index (Phi) is 8.46. The van der Waals surface area contributed by atoms with E-state index in [0.29, 0.717) is 0 Å². The van der Waals surface area contributed by atoms with E-state index in [1.165, 1.54) is 32.4 Å². The Morgan fingerprint density at radius 2 is 2.00 bits per heavy atom. The second kappa shape index (κ2) is 8.52. The first-order valence-corrected chi connectivity index (χ1v) is 5.63. The topological polar surface area (TPSA) is 15.3 Å². The third kappa shape index (κ3) is 7.03. The molecule has 0 saturated heterocycles. The largest absolute Gasteiger partial charge is 0.317 e. The molecule has 0 aromatic rings. The predicted molar refractivity (Wildman–Crippen MR) is 60.2 cm³/mol. The van der Waals surface area contributed by atoms with Crippen LogP contribution in [0.25, 0.3) is 0 Å². The zero-order valence-corrected chi connectivity index (χ0v) is 9.77. The van der Waals surface area contributed by atoms with Gasteiger partial charge in [0.05, 0.1) is 0 Å². The van der Waals surface area contributed by atoms with Gasteiger partial charge in [0, 0.05) is 6.04 Å². The van der Waals surface area contributed by atoms with Gasteiger partial charge < -0.3 is 10.2 Å². The van der Waals surface area contributed by atoms with Crippen LogP contribution in [0.4, 0.5) is 0 Å². The van der Waals surface area contributed by atoms with Crippen LogP contribution < -0.4 is 5.32 Å². The van der Waals surface area contributed by atoms with Gasteiger partial charge in [-0.25, -0.2) is 0 Å². The van der Waals surface area contributed by atoms with Crippen LogP contribution in [-0.2, 0) is 0 Å². The Labute approximate surface area is 83.7 Å². The van der Waals surface area contributed by atoms with Crippen molar-refractivity contribution in [3.05, 3.63) is 0 Å². The molecule has 2 heteroatoms. The molecule has 0 spiro atoms. The van der Waals surface area contributed by atoms with Gasteiger partial charge in [0.25, 0.3) is 0 Å². The Hall–Kier alpha value is -0.0800. The summed E-state index contributed by atoms with van der Waals surface area (Å²) in [5.74, 6) is 0. The first-order chi connectivity index (χ1) is 6.22. The van der Waals surface area contributed by atoms with E-state index in [1.54, 1.807) is 0 Å². The van der Waals surface area contributed by atoms with Crippen molar-refractivity contribution in [3.8, 4) is 0 Å². The molecule has 0 bridgehead atoms. The molecule has 0 aromatic carbocycles. The molecule has 0 radical (unpaired) electrons. The van der Waals surface area contributed by atoms with Crippen molar-refractivity contribution in [3.63, 3.8) is 0 Å². The van der Waals surface area contributed by atoms with E-state index in [2.05, 4.69) is 38.0 Å². The van der Waals surface area contributed by atoms with Crippen molar-refractivity contribution in [1.29, 1.82) is 0 Å².